The van der Waals surface area contributed by atoms with Crippen molar-refractivity contribution in [3.63, 3.8) is 0 Å². The standard InChI is InChI=1S/C25H28N4O5/c1-25(2,3)34-24(32)29-13-11-28(12-14-29)22-18-15-16(23(30)31)9-10-19(18)26-21(27-22)17-7-5-6-8-20(17)33-4/h5-10,15H,11-14H2,1-4H3,(H,30,31). The second-order valence-corrected chi connectivity index (χ2v) is 9.06. The number of hydrogen-bond donors (Lipinski definition) is 1. The number of para-hydroxylation sites is 1. The molecule has 0 atom stereocenters. The number of carbonyl (C=O) groups excluding carboxylic acids is 1. The fraction of sp³-hybridized carbons (Fsp3) is 0.360. The molecule has 0 radical (unpaired) electrons. The number of benzene rings is 2. The van der Waals surface area contributed by atoms with Crippen LogP contribution in [-0.2, 0) is 4.74 Å². The minimum atomic E-state index is -1.02. The van der Waals surface area contributed by atoms with E-state index in [0.717, 1.165) is 5.56 Å². The summed E-state index contributed by atoms with van der Waals surface area (Å²) >= 11 is 0. The van der Waals surface area contributed by atoms with Crippen molar-refractivity contribution in [1.29, 1.82) is 0 Å². The van der Waals surface area contributed by atoms with E-state index >= 15 is 0 Å². The predicted molar refractivity (Wildman–Crippen MR) is 129 cm³/mol. The Morgan fingerprint density at radius 2 is 1.71 bits per heavy atom. The van der Waals surface area contributed by atoms with Gasteiger partial charge in [0, 0.05) is 31.6 Å². The van der Waals surface area contributed by atoms with Gasteiger partial charge < -0.3 is 24.4 Å². The fourth-order valence-electron chi connectivity index (χ4n) is 3.86. The molecular formula is C25H28N4O5. The van der Waals surface area contributed by atoms with Crippen LogP contribution in [-0.4, -0.2) is 70.9 Å². The lowest BCUT2D eigenvalue weighted by atomic mass is 10.1. The monoisotopic (exact) mass is 464 g/mol. The number of hydrogen-bond acceptors (Lipinski definition) is 7. The van der Waals surface area contributed by atoms with Crippen molar-refractivity contribution < 1.29 is 24.2 Å². The van der Waals surface area contributed by atoms with Crippen LogP contribution in [0.4, 0.5) is 10.6 Å². The number of nitrogens with zero attached hydrogens (tertiary/aromatic N) is 4. The average Bonchev–Trinajstić information content (AvgIpc) is 2.82. The summed E-state index contributed by atoms with van der Waals surface area (Å²) in [7, 11) is 1.59. The van der Waals surface area contributed by atoms with Gasteiger partial charge in [-0.15, -0.1) is 0 Å². The highest BCUT2D eigenvalue weighted by atomic mass is 16.6. The van der Waals surface area contributed by atoms with Crippen molar-refractivity contribution in [3.8, 4) is 17.1 Å². The van der Waals surface area contributed by atoms with Gasteiger partial charge in [0.25, 0.3) is 0 Å². The third-order valence-corrected chi connectivity index (χ3v) is 5.50. The first kappa shape index (κ1) is 23.3. The number of ether oxygens (including phenoxy) is 2. The summed E-state index contributed by atoms with van der Waals surface area (Å²) in [6.45, 7) is 7.49. The summed E-state index contributed by atoms with van der Waals surface area (Å²) < 4.78 is 11.0. The quantitative estimate of drug-likeness (QED) is 0.616. The minimum Gasteiger partial charge on any atom is -0.496 e. The highest BCUT2D eigenvalue weighted by Gasteiger charge is 2.28. The van der Waals surface area contributed by atoms with E-state index < -0.39 is 11.6 Å². The number of carboxylic acid groups (broad SMARTS) is 1. The van der Waals surface area contributed by atoms with Gasteiger partial charge >= 0.3 is 12.1 Å². The van der Waals surface area contributed by atoms with Gasteiger partial charge in [-0.25, -0.2) is 19.6 Å². The molecule has 1 aromatic heterocycles. The van der Waals surface area contributed by atoms with Gasteiger partial charge in [0.05, 0.1) is 23.8 Å². The van der Waals surface area contributed by atoms with E-state index in [9.17, 15) is 14.7 Å². The van der Waals surface area contributed by atoms with Crippen LogP contribution in [0, 0.1) is 0 Å². The molecule has 9 nitrogen and oxygen atoms in total. The number of fused-ring (bicyclic) bond motifs is 1. The maximum absolute atomic E-state index is 12.5. The van der Waals surface area contributed by atoms with Gasteiger partial charge in [0.1, 0.15) is 17.2 Å². The van der Waals surface area contributed by atoms with Crippen LogP contribution in [0.3, 0.4) is 0 Å². The van der Waals surface area contributed by atoms with Crippen molar-refractivity contribution in [3.05, 3.63) is 48.0 Å². The molecular weight excluding hydrogens is 436 g/mol. The zero-order valence-corrected chi connectivity index (χ0v) is 19.7. The van der Waals surface area contributed by atoms with Crippen LogP contribution in [0.25, 0.3) is 22.3 Å². The normalized spacial score (nSPS) is 14.2. The van der Waals surface area contributed by atoms with Crippen molar-refractivity contribution in [2.45, 2.75) is 26.4 Å². The Morgan fingerprint density at radius 3 is 2.35 bits per heavy atom. The molecule has 1 aliphatic heterocycles. The third-order valence-electron chi connectivity index (χ3n) is 5.50. The molecule has 0 aliphatic carbocycles. The van der Waals surface area contributed by atoms with Gasteiger partial charge in [-0.2, -0.15) is 0 Å². The second-order valence-electron chi connectivity index (χ2n) is 9.06. The number of carbonyl (C=O) groups is 2. The number of rotatable bonds is 4. The van der Waals surface area contributed by atoms with Gasteiger partial charge in [0.15, 0.2) is 5.82 Å². The van der Waals surface area contributed by atoms with Crippen molar-refractivity contribution >= 4 is 28.8 Å². The number of piperazine rings is 1. The third kappa shape index (κ3) is 4.88. The Kier molecular flexibility index (Phi) is 6.28. The SMILES string of the molecule is COc1ccccc1-c1nc(N2CCN(C(=O)OC(C)(C)C)CC2)c2cc(C(=O)O)ccc2n1. The van der Waals surface area contributed by atoms with Crippen LogP contribution in [0.1, 0.15) is 31.1 Å². The molecule has 1 aliphatic rings. The maximum Gasteiger partial charge on any atom is 0.410 e. The lowest BCUT2D eigenvalue weighted by Crippen LogP contribution is -2.50. The molecule has 1 saturated heterocycles. The first-order valence-corrected chi connectivity index (χ1v) is 11.1. The molecule has 3 aromatic rings. The lowest BCUT2D eigenvalue weighted by Gasteiger charge is -2.36. The fourth-order valence-corrected chi connectivity index (χ4v) is 3.86. The smallest absolute Gasteiger partial charge is 0.410 e. The Hall–Kier alpha value is -3.88. The van der Waals surface area contributed by atoms with Gasteiger partial charge in [0.2, 0.25) is 0 Å². The largest absolute Gasteiger partial charge is 0.496 e. The highest BCUT2D eigenvalue weighted by Crippen LogP contribution is 2.33. The van der Waals surface area contributed by atoms with E-state index in [0.29, 0.717) is 54.5 Å². The zero-order valence-electron chi connectivity index (χ0n) is 19.7. The summed E-state index contributed by atoms with van der Waals surface area (Å²) in [6.07, 6.45) is -0.345. The number of methoxy groups -OCH3 is 1. The molecule has 0 unspecified atom stereocenters. The molecule has 1 amide bonds. The number of anilines is 1. The van der Waals surface area contributed by atoms with Gasteiger partial charge in [-0.3, -0.25) is 0 Å². The predicted octanol–water partition coefficient (Wildman–Crippen LogP) is 4.06. The van der Waals surface area contributed by atoms with Crippen molar-refractivity contribution in [2.75, 3.05) is 38.2 Å². The number of carboxylic acids is 1. The number of aromatic nitrogens is 2. The summed E-state index contributed by atoms with van der Waals surface area (Å²) in [5, 5.41) is 10.1. The van der Waals surface area contributed by atoms with Crippen LogP contribution in [0.5, 0.6) is 5.75 Å². The van der Waals surface area contributed by atoms with Crippen LogP contribution in [0.15, 0.2) is 42.5 Å². The first-order chi connectivity index (χ1) is 16.2. The highest BCUT2D eigenvalue weighted by molar-refractivity contribution is 5.98. The summed E-state index contributed by atoms with van der Waals surface area (Å²) in [5.41, 5.74) is 0.969. The van der Waals surface area contributed by atoms with Gasteiger partial charge in [-0.1, -0.05) is 12.1 Å². The number of amides is 1. The molecule has 0 spiro atoms. The summed E-state index contributed by atoms with van der Waals surface area (Å²) in [4.78, 5) is 37.4. The van der Waals surface area contributed by atoms with E-state index in [-0.39, 0.29) is 11.7 Å². The van der Waals surface area contributed by atoms with Crippen LogP contribution < -0.4 is 9.64 Å². The van der Waals surface area contributed by atoms with Crippen molar-refractivity contribution in [1.82, 2.24) is 14.9 Å². The Morgan fingerprint density at radius 1 is 1.00 bits per heavy atom. The first-order valence-electron chi connectivity index (χ1n) is 11.1. The van der Waals surface area contributed by atoms with Gasteiger partial charge in [-0.05, 0) is 51.1 Å². The topological polar surface area (TPSA) is 105 Å². The van der Waals surface area contributed by atoms with E-state index in [1.54, 1.807) is 24.1 Å². The van der Waals surface area contributed by atoms with Crippen LogP contribution in [0.2, 0.25) is 0 Å². The minimum absolute atomic E-state index is 0.162. The second kappa shape index (κ2) is 9.17. The maximum atomic E-state index is 12.5. The molecule has 178 valence electrons. The molecule has 2 aromatic carbocycles. The Balaban J connectivity index is 1.72. The molecule has 34 heavy (non-hydrogen) atoms. The molecule has 4 rings (SSSR count). The zero-order chi connectivity index (χ0) is 24.5. The molecule has 0 bridgehead atoms. The molecule has 1 fully saturated rings. The van der Waals surface area contributed by atoms with Crippen molar-refractivity contribution in [2.24, 2.45) is 0 Å². The summed E-state index contributed by atoms with van der Waals surface area (Å²) in [5.74, 6) is 0.733. The van der Waals surface area contributed by atoms with E-state index in [1.807, 2.05) is 45.0 Å². The number of aromatic carboxylic acids is 1. The molecule has 9 heteroatoms. The van der Waals surface area contributed by atoms with Crippen LogP contribution >= 0.6 is 0 Å². The van der Waals surface area contributed by atoms with E-state index in [1.165, 1.54) is 6.07 Å². The lowest BCUT2D eigenvalue weighted by molar-refractivity contribution is 0.0240. The molecule has 1 N–H and O–H groups in total. The molecule has 2 heterocycles. The molecule has 0 saturated carbocycles. The Labute approximate surface area is 197 Å². The van der Waals surface area contributed by atoms with E-state index in [4.69, 9.17) is 19.4 Å². The van der Waals surface area contributed by atoms with E-state index in [2.05, 4.69) is 4.90 Å². The summed E-state index contributed by atoms with van der Waals surface area (Å²) in [6, 6.07) is 12.3. The average molecular weight is 465 g/mol. The Bertz CT molecular complexity index is 1230.